The molecule has 1 spiro atoms. The van der Waals surface area contributed by atoms with Crippen molar-refractivity contribution in [3.8, 4) is 22.6 Å². The summed E-state index contributed by atoms with van der Waals surface area (Å²) in [4.78, 5) is 2.35. The lowest BCUT2D eigenvalue weighted by molar-refractivity contribution is 0.133. The normalized spacial score (nSPS) is 17.0. The van der Waals surface area contributed by atoms with Gasteiger partial charge >= 0.3 is 0 Å². The second-order valence-corrected chi connectivity index (χ2v) is 12.6. The zero-order chi connectivity index (χ0) is 26.7. The fourth-order valence-corrected chi connectivity index (χ4v) is 8.45. The van der Waals surface area contributed by atoms with Crippen LogP contribution in [0.3, 0.4) is 0 Å². The first-order valence-electron chi connectivity index (χ1n) is 14.1. The van der Waals surface area contributed by atoms with Crippen LogP contribution in [-0.4, -0.2) is 12.2 Å². The van der Waals surface area contributed by atoms with E-state index in [-0.39, 0.29) is 5.41 Å². The molecule has 4 aromatic rings. The summed E-state index contributed by atoms with van der Waals surface area (Å²) in [6, 6.07) is 21.8. The first kappa shape index (κ1) is 25.4. The highest BCUT2D eigenvalue weighted by molar-refractivity contribution is 7.99. The van der Waals surface area contributed by atoms with Crippen molar-refractivity contribution in [2.45, 2.75) is 81.4 Å². The molecule has 0 aromatic heterocycles. The number of benzene rings is 4. The monoisotopic (exact) mass is 522 g/mol. The Hall–Kier alpha value is -2.91. The molecule has 2 nitrogen and oxygen atoms in total. The van der Waals surface area contributed by atoms with Crippen molar-refractivity contribution in [1.29, 1.82) is 0 Å². The van der Waals surface area contributed by atoms with Gasteiger partial charge in [-0.15, -0.1) is 0 Å². The lowest BCUT2D eigenvalue weighted by Crippen LogP contribution is -2.36. The van der Waals surface area contributed by atoms with E-state index in [0.717, 1.165) is 34.3 Å². The van der Waals surface area contributed by atoms with Crippen LogP contribution in [0.1, 0.15) is 74.6 Å². The maximum atomic E-state index is 11.4. The fourth-order valence-electron chi connectivity index (χ4n) is 7.35. The topological polar surface area (TPSA) is 29.5 Å². The standard InChI is InChI=1S/C35H38O2S/c1-6-34(7-2)15-17-35(18-16-34)27-14-9-8-13-24(27)32-26-20-31(38-33-22(3)11-10-12-23(33)4)30(37-5)19-25(26)29(36)21-28(32)35/h8-14,19-21,36H,6-7,15-18H2,1-5H3. The van der Waals surface area contributed by atoms with E-state index in [1.807, 2.05) is 6.07 Å². The molecule has 1 N–H and O–H groups in total. The summed E-state index contributed by atoms with van der Waals surface area (Å²) in [5, 5.41) is 13.4. The van der Waals surface area contributed by atoms with E-state index < -0.39 is 0 Å². The van der Waals surface area contributed by atoms with Crippen LogP contribution in [0.25, 0.3) is 21.9 Å². The minimum Gasteiger partial charge on any atom is -0.507 e. The van der Waals surface area contributed by atoms with Gasteiger partial charge < -0.3 is 9.84 Å². The summed E-state index contributed by atoms with van der Waals surface area (Å²) in [6.07, 6.45) is 7.25. The number of hydrogen-bond acceptors (Lipinski definition) is 3. The average molecular weight is 523 g/mol. The molecule has 0 aliphatic heterocycles. The molecule has 0 atom stereocenters. The molecule has 4 aromatic carbocycles. The quantitative estimate of drug-likeness (QED) is 0.283. The number of aryl methyl sites for hydroxylation is 2. The number of aromatic hydroxyl groups is 1. The lowest BCUT2D eigenvalue weighted by atomic mass is 9.58. The van der Waals surface area contributed by atoms with E-state index in [1.165, 1.54) is 64.0 Å². The molecular weight excluding hydrogens is 484 g/mol. The molecule has 1 fully saturated rings. The van der Waals surface area contributed by atoms with Gasteiger partial charge in [0.1, 0.15) is 11.5 Å². The van der Waals surface area contributed by atoms with Gasteiger partial charge in [-0.25, -0.2) is 0 Å². The summed E-state index contributed by atoms with van der Waals surface area (Å²) >= 11 is 1.77. The molecule has 196 valence electrons. The first-order chi connectivity index (χ1) is 18.4. The Balaban J connectivity index is 1.58. The van der Waals surface area contributed by atoms with E-state index in [0.29, 0.717) is 11.2 Å². The minimum atomic E-state index is -0.0225. The molecule has 3 heteroatoms. The SMILES string of the molecule is CCC1(CC)CCC2(CC1)c1ccccc1-c1c2cc(O)c2cc(OC)c(Sc3c(C)cccc3C)cc12. The maximum Gasteiger partial charge on any atom is 0.133 e. The predicted molar refractivity (Wildman–Crippen MR) is 160 cm³/mol. The van der Waals surface area contributed by atoms with Crippen molar-refractivity contribution in [3.63, 3.8) is 0 Å². The van der Waals surface area contributed by atoms with Crippen LogP contribution in [-0.2, 0) is 5.41 Å². The number of fused-ring (bicyclic) bond motifs is 7. The van der Waals surface area contributed by atoms with Gasteiger partial charge in [0.2, 0.25) is 0 Å². The van der Waals surface area contributed by atoms with Crippen LogP contribution in [0, 0.1) is 19.3 Å². The number of phenols is 1. The lowest BCUT2D eigenvalue weighted by Gasteiger charge is -2.45. The van der Waals surface area contributed by atoms with Crippen molar-refractivity contribution in [3.05, 3.63) is 82.9 Å². The Bertz CT molecular complexity index is 1520. The number of phenolic OH excluding ortho intramolecular Hbond substituents is 1. The molecule has 6 rings (SSSR count). The van der Waals surface area contributed by atoms with Crippen LogP contribution in [0.4, 0.5) is 0 Å². The molecule has 0 bridgehead atoms. The summed E-state index contributed by atoms with van der Waals surface area (Å²) in [6.45, 7) is 9.06. The highest BCUT2D eigenvalue weighted by atomic mass is 32.2. The molecule has 0 radical (unpaired) electrons. The number of ether oxygens (including phenoxy) is 1. The summed E-state index contributed by atoms with van der Waals surface area (Å²) in [5.41, 5.74) is 8.36. The second-order valence-electron chi connectivity index (χ2n) is 11.5. The fraction of sp³-hybridized carbons (Fsp3) is 0.371. The molecule has 38 heavy (non-hydrogen) atoms. The van der Waals surface area contributed by atoms with Crippen molar-refractivity contribution < 1.29 is 9.84 Å². The summed E-state index contributed by atoms with van der Waals surface area (Å²) in [7, 11) is 1.72. The predicted octanol–water partition coefficient (Wildman–Crippen LogP) is 9.97. The smallest absolute Gasteiger partial charge is 0.133 e. The highest BCUT2D eigenvalue weighted by Gasteiger charge is 2.49. The second kappa shape index (κ2) is 9.38. The Morgan fingerprint density at radius 3 is 2.16 bits per heavy atom. The molecule has 1 saturated carbocycles. The van der Waals surface area contributed by atoms with Crippen LogP contribution >= 0.6 is 11.8 Å². The van der Waals surface area contributed by atoms with E-state index in [4.69, 9.17) is 4.74 Å². The van der Waals surface area contributed by atoms with Gasteiger partial charge in [-0.05, 0) is 102 Å². The van der Waals surface area contributed by atoms with Gasteiger partial charge in [0, 0.05) is 15.7 Å². The largest absolute Gasteiger partial charge is 0.507 e. The van der Waals surface area contributed by atoms with Crippen molar-refractivity contribution in [1.82, 2.24) is 0 Å². The van der Waals surface area contributed by atoms with Gasteiger partial charge in [0.05, 0.1) is 12.0 Å². The van der Waals surface area contributed by atoms with E-state index >= 15 is 0 Å². The zero-order valence-corrected chi connectivity index (χ0v) is 24.1. The maximum absolute atomic E-state index is 11.4. The average Bonchev–Trinajstić information content (AvgIpc) is 3.20. The van der Waals surface area contributed by atoms with E-state index in [2.05, 4.69) is 82.3 Å². The van der Waals surface area contributed by atoms with Crippen LogP contribution in [0.15, 0.2) is 70.5 Å². The zero-order valence-electron chi connectivity index (χ0n) is 23.3. The van der Waals surface area contributed by atoms with Gasteiger partial charge in [0.15, 0.2) is 0 Å². The molecular formula is C35H38O2S. The van der Waals surface area contributed by atoms with E-state index in [1.54, 1.807) is 18.9 Å². The van der Waals surface area contributed by atoms with Crippen LogP contribution in [0.5, 0.6) is 11.5 Å². The summed E-state index contributed by atoms with van der Waals surface area (Å²) in [5.74, 6) is 1.16. The highest BCUT2D eigenvalue weighted by Crippen LogP contribution is 2.62. The third-order valence-electron chi connectivity index (χ3n) is 9.91. The first-order valence-corrected chi connectivity index (χ1v) is 14.9. The van der Waals surface area contributed by atoms with Crippen LogP contribution in [0.2, 0.25) is 0 Å². The third-order valence-corrected chi connectivity index (χ3v) is 11.3. The summed E-state index contributed by atoms with van der Waals surface area (Å²) < 4.78 is 5.87. The van der Waals surface area contributed by atoms with Crippen LogP contribution < -0.4 is 4.74 Å². The Labute approximate surface area is 231 Å². The molecule has 0 unspecified atom stereocenters. The molecule has 0 amide bonds. The Morgan fingerprint density at radius 2 is 1.50 bits per heavy atom. The molecule has 2 aliphatic rings. The van der Waals surface area contributed by atoms with Gasteiger partial charge in [-0.1, -0.05) is 80.9 Å². The van der Waals surface area contributed by atoms with Crippen molar-refractivity contribution in [2.75, 3.05) is 7.11 Å². The van der Waals surface area contributed by atoms with Gasteiger partial charge in [0.25, 0.3) is 0 Å². The Morgan fingerprint density at radius 1 is 0.816 bits per heavy atom. The third kappa shape index (κ3) is 3.69. The number of methoxy groups -OCH3 is 1. The van der Waals surface area contributed by atoms with Gasteiger partial charge in [-0.2, -0.15) is 0 Å². The van der Waals surface area contributed by atoms with Crippen molar-refractivity contribution in [2.24, 2.45) is 5.41 Å². The number of hydrogen-bond donors (Lipinski definition) is 1. The van der Waals surface area contributed by atoms with Crippen molar-refractivity contribution >= 4 is 22.5 Å². The van der Waals surface area contributed by atoms with E-state index in [9.17, 15) is 5.11 Å². The number of rotatable bonds is 5. The Kier molecular flexibility index (Phi) is 6.26. The molecule has 0 saturated heterocycles. The molecule has 0 heterocycles. The van der Waals surface area contributed by atoms with Gasteiger partial charge in [-0.3, -0.25) is 0 Å². The minimum absolute atomic E-state index is 0.0225. The molecule has 2 aliphatic carbocycles.